The summed E-state index contributed by atoms with van der Waals surface area (Å²) in [6.45, 7) is 5.40. The average Bonchev–Trinajstić information content (AvgIpc) is 2.74. The molecule has 0 aliphatic rings. The van der Waals surface area contributed by atoms with Crippen molar-refractivity contribution in [1.29, 1.82) is 0 Å². The van der Waals surface area contributed by atoms with Crippen LogP contribution in [0.25, 0.3) is 0 Å². The van der Waals surface area contributed by atoms with Gasteiger partial charge in [-0.25, -0.2) is 8.42 Å². The highest BCUT2D eigenvalue weighted by Gasteiger charge is 2.32. The smallest absolute Gasteiger partial charge is 0.244 e. The first-order valence-electron chi connectivity index (χ1n) is 10.5. The number of nitrogens with one attached hydrogen (secondary N) is 1. The summed E-state index contributed by atoms with van der Waals surface area (Å²) in [5.41, 5.74) is 1.73. The third-order valence-corrected chi connectivity index (χ3v) is 6.74. The fourth-order valence-corrected chi connectivity index (χ4v) is 4.64. The van der Waals surface area contributed by atoms with E-state index in [0.717, 1.165) is 16.1 Å². The molecule has 0 fully saturated rings. The number of benzene rings is 2. The molecule has 0 spiro atoms. The maximum Gasteiger partial charge on any atom is 0.244 e. The number of sulfonamides is 1. The number of carbonyl (C=O) groups excluding carboxylic acids is 2. The maximum atomic E-state index is 13.5. The van der Waals surface area contributed by atoms with Gasteiger partial charge in [0.05, 0.1) is 11.9 Å². The molecule has 1 N–H and O–H groups in total. The van der Waals surface area contributed by atoms with E-state index in [2.05, 4.69) is 5.32 Å². The molecule has 2 aromatic rings. The van der Waals surface area contributed by atoms with Crippen molar-refractivity contribution in [1.82, 2.24) is 10.2 Å². The third-order valence-electron chi connectivity index (χ3n) is 5.12. The molecule has 180 valence electrons. The largest absolute Gasteiger partial charge is 0.355 e. The number of hydrogen-bond acceptors (Lipinski definition) is 4. The Morgan fingerprint density at radius 3 is 2.18 bits per heavy atom. The molecule has 2 rings (SSSR count). The first-order chi connectivity index (χ1) is 15.5. The summed E-state index contributed by atoms with van der Waals surface area (Å²) in [4.78, 5) is 27.7. The predicted molar refractivity (Wildman–Crippen MR) is 133 cm³/mol. The van der Waals surface area contributed by atoms with E-state index in [0.29, 0.717) is 34.3 Å². The number of halogens is 2. The zero-order valence-corrected chi connectivity index (χ0v) is 21.5. The number of carbonyl (C=O) groups is 2. The Balaban J connectivity index is 2.46. The standard InChI is InChI=1S/C23H29Cl2N3O4S/c1-5-20(23(30)26-6-2)27(14-17-8-11-18(24)12-9-17)22(29)15-28(33(4,31)32)21-13-19(25)10-7-16(21)3/h7-13,20H,5-6,14-15H2,1-4H3,(H,26,30)/t20-/m1/s1. The molecule has 0 heterocycles. The van der Waals surface area contributed by atoms with E-state index < -0.39 is 28.5 Å². The van der Waals surface area contributed by atoms with Gasteiger partial charge in [0.25, 0.3) is 0 Å². The highest BCUT2D eigenvalue weighted by atomic mass is 35.5. The molecule has 0 bridgehead atoms. The molecular weight excluding hydrogens is 485 g/mol. The van der Waals surface area contributed by atoms with Crippen molar-refractivity contribution in [3.8, 4) is 0 Å². The van der Waals surface area contributed by atoms with E-state index in [1.807, 2.05) is 0 Å². The van der Waals surface area contributed by atoms with Gasteiger partial charge in [-0.1, -0.05) is 48.3 Å². The highest BCUT2D eigenvalue weighted by molar-refractivity contribution is 7.92. The summed E-state index contributed by atoms with van der Waals surface area (Å²) >= 11 is 12.1. The van der Waals surface area contributed by atoms with Crippen molar-refractivity contribution in [2.24, 2.45) is 0 Å². The second kappa shape index (κ2) is 11.7. The molecular formula is C23H29Cl2N3O4S. The van der Waals surface area contributed by atoms with Gasteiger partial charge in [-0.2, -0.15) is 0 Å². The lowest BCUT2D eigenvalue weighted by Gasteiger charge is -2.33. The molecule has 0 aliphatic heterocycles. The number of amides is 2. The molecule has 2 amide bonds. The number of anilines is 1. The van der Waals surface area contributed by atoms with Crippen LogP contribution in [-0.2, 0) is 26.2 Å². The Bertz CT molecular complexity index is 1090. The van der Waals surface area contributed by atoms with Crippen molar-refractivity contribution in [2.45, 2.75) is 39.8 Å². The minimum Gasteiger partial charge on any atom is -0.355 e. The molecule has 1 atom stereocenters. The van der Waals surface area contributed by atoms with Crippen LogP contribution in [0, 0.1) is 6.92 Å². The van der Waals surface area contributed by atoms with Crippen LogP contribution >= 0.6 is 23.2 Å². The molecule has 0 radical (unpaired) electrons. The third kappa shape index (κ3) is 7.35. The van der Waals surface area contributed by atoms with E-state index in [1.165, 1.54) is 11.0 Å². The van der Waals surface area contributed by atoms with Crippen LogP contribution in [0.2, 0.25) is 10.0 Å². The summed E-state index contributed by atoms with van der Waals surface area (Å²) in [5, 5.41) is 3.65. The summed E-state index contributed by atoms with van der Waals surface area (Å²) in [7, 11) is -3.82. The number of likely N-dealkylation sites (N-methyl/N-ethyl adjacent to an activating group) is 1. The number of rotatable bonds is 10. The van der Waals surface area contributed by atoms with Crippen LogP contribution in [0.1, 0.15) is 31.4 Å². The number of hydrogen-bond donors (Lipinski definition) is 1. The van der Waals surface area contributed by atoms with Crippen LogP contribution in [0.15, 0.2) is 42.5 Å². The Hall–Kier alpha value is -2.29. The van der Waals surface area contributed by atoms with Gasteiger partial charge in [0.1, 0.15) is 12.6 Å². The molecule has 0 saturated heterocycles. The van der Waals surface area contributed by atoms with Gasteiger partial charge in [-0.15, -0.1) is 0 Å². The summed E-state index contributed by atoms with van der Waals surface area (Å²) in [6.07, 6.45) is 1.39. The fourth-order valence-electron chi connectivity index (χ4n) is 3.44. The number of aryl methyl sites for hydroxylation is 1. The highest BCUT2D eigenvalue weighted by Crippen LogP contribution is 2.27. The van der Waals surface area contributed by atoms with Gasteiger partial charge in [0.2, 0.25) is 21.8 Å². The van der Waals surface area contributed by atoms with Crippen LogP contribution in [0.3, 0.4) is 0 Å². The lowest BCUT2D eigenvalue weighted by atomic mass is 10.1. The van der Waals surface area contributed by atoms with Crippen molar-refractivity contribution in [3.63, 3.8) is 0 Å². The minimum absolute atomic E-state index is 0.123. The Morgan fingerprint density at radius 2 is 1.64 bits per heavy atom. The van der Waals surface area contributed by atoms with Crippen LogP contribution in [0.4, 0.5) is 5.69 Å². The zero-order chi connectivity index (χ0) is 24.8. The molecule has 7 nitrogen and oxygen atoms in total. The van der Waals surface area contributed by atoms with Gasteiger partial charge < -0.3 is 10.2 Å². The molecule has 33 heavy (non-hydrogen) atoms. The van der Waals surface area contributed by atoms with Gasteiger partial charge in [0, 0.05) is 23.1 Å². The normalized spacial score (nSPS) is 12.2. The van der Waals surface area contributed by atoms with Gasteiger partial charge >= 0.3 is 0 Å². The molecule has 0 unspecified atom stereocenters. The van der Waals surface area contributed by atoms with Crippen LogP contribution < -0.4 is 9.62 Å². The lowest BCUT2D eigenvalue weighted by Crippen LogP contribution is -2.52. The Kier molecular flexibility index (Phi) is 9.57. The lowest BCUT2D eigenvalue weighted by molar-refractivity contribution is -0.140. The second-order valence-corrected chi connectivity index (χ2v) is 10.4. The van der Waals surface area contributed by atoms with E-state index in [1.54, 1.807) is 57.2 Å². The summed E-state index contributed by atoms with van der Waals surface area (Å²) in [6, 6.07) is 11.0. The Labute approximate surface area is 205 Å². The topological polar surface area (TPSA) is 86.8 Å². The predicted octanol–water partition coefficient (Wildman–Crippen LogP) is 4.01. The quantitative estimate of drug-likeness (QED) is 0.519. The summed E-state index contributed by atoms with van der Waals surface area (Å²) < 4.78 is 26.3. The molecule has 10 heteroatoms. The van der Waals surface area contributed by atoms with E-state index in [4.69, 9.17) is 23.2 Å². The van der Waals surface area contributed by atoms with E-state index in [9.17, 15) is 18.0 Å². The molecule has 0 aromatic heterocycles. The first kappa shape index (κ1) is 27.0. The van der Waals surface area contributed by atoms with Crippen molar-refractivity contribution < 1.29 is 18.0 Å². The van der Waals surface area contributed by atoms with Crippen LogP contribution in [-0.4, -0.2) is 50.5 Å². The SMILES string of the molecule is CCNC(=O)[C@@H](CC)N(Cc1ccc(Cl)cc1)C(=O)CN(c1cc(Cl)ccc1C)S(C)(=O)=O. The maximum absolute atomic E-state index is 13.5. The Morgan fingerprint density at radius 1 is 1.03 bits per heavy atom. The van der Waals surface area contributed by atoms with Gasteiger partial charge in [0.15, 0.2) is 0 Å². The molecule has 0 aliphatic carbocycles. The zero-order valence-electron chi connectivity index (χ0n) is 19.1. The summed E-state index contributed by atoms with van der Waals surface area (Å²) in [5.74, 6) is -0.806. The van der Waals surface area contributed by atoms with Crippen molar-refractivity contribution in [2.75, 3.05) is 23.7 Å². The van der Waals surface area contributed by atoms with Crippen LogP contribution in [0.5, 0.6) is 0 Å². The van der Waals surface area contributed by atoms with Gasteiger partial charge in [-0.3, -0.25) is 13.9 Å². The first-order valence-corrected chi connectivity index (χ1v) is 13.1. The minimum atomic E-state index is -3.82. The second-order valence-electron chi connectivity index (χ2n) is 7.67. The monoisotopic (exact) mass is 513 g/mol. The van der Waals surface area contributed by atoms with E-state index >= 15 is 0 Å². The molecule has 2 aromatic carbocycles. The van der Waals surface area contributed by atoms with E-state index in [-0.39, 0.29) is 12.5 Å². The van der Waals surface area contributed by atoms with Crippen molar-refractivity contribution in [3.05, 3.63) is 63.6 Å². The molecule has 0 saturated carbocycles. The number of nitrogens with zero attached hydrogens (tertiary/aromatic N) is 2. The average molecular weight is 514 g/mol. The fraction of sp³-hybridized carbons (Fsp3) is 0.391. The van der Waals surface area contributed by atoms with Gasteiger partial charge in [-0.05, 0) is 55.7 Å². The van der Waals surface area contributed by atoms with Crippen molar-refractivity contribution >= 4 is 50.7 Å².